The molecule has 0 saturated heterocycles. The number of carbonyl (C=O) groups is 1. The number of carbonyl (C=O) groups excluding carboxylic acids is 1. The summed E-state index contributed by atoms with van der Waals surface area (Å²) in [4.78, 5) is 12.8. The molecule has 36 heavy (non-hydrogen) atoms. The summed E-state index contributed by atoms with van der Waals surface area (Å²) in [6.07, 6.45) is 9.99. The molecular formula is C33H46O2S. The zero-order valence-electron chi connectivity index (χ0n) is 23.4. The number of allylic oxidation sites excluding steroid dienone is 1. The molecule has 3 heteroatoms. The van der Waals surface area contributed by atoms with Crippen LogP contribution in [-0.2, 0) is 11.2 Å². The second-order valence-electron chi connectivity index (χ2n) is 12.2. The molecule has 0 N–H and O–H groups in total. The van der Waals surface area contributed by atoms with Gasteiger partial charge in [0.25, 0.3) is 0 Å². The van der Waals surface area contributed by atoms with Gasteiger partial charge in [0, 0.05) is 11.2 Å². The number of rotatable bonds is 12. The minimum atomic E-state index is -0.264. The summed E-state index contributed by atoms with van der Waals surface area (Å²) in [5, 5.41) is 0.348. The molecule has 196 valence electrons. The van der Waals surface area contributed by atoms with E-state index < -0.39 is 0 Å². The van der Waals surface area contributed by atoms with E-state index >= 15 is 0 Å². The maximum absolute atomic E-state index is 12.8. The summed E-state index contributed by atoms with van der Waals surface area (Å²) in [7, 11) is 0. The maximum Gasteiger partial charge on any atom is 0.194 e. The standard InChI is InChI=1S/C33H46O2S/c1-25(24-32(2,3)4)33(5,6)31(34)36-21-13-8-7-12-20-35-30-19-18-28-22-27(16-17-29(28)23-30)26-14-10-9-11-15-26/h9-11,14-15,18-19,22-23,25H,7-8,12-13,16-17,20-21,24H2,1-6H3. The number of hydrogen-bond acceptors (Lipinski definition) is 3. The number of benzene rings is 2. The Morgan fingerprint density at radius 2 is 1.67 bits per heavy atom. The van der Waals surface area contributed by atoms with Gasteiger partial charge in [0.05, 0.1) is 6.61 Å². The highest BCUT2D eigenvalue weighted by Gasteiger charge is 2.35. The predicted octanol–water partition coefficient (Wildman–Crippen LogP) is 9.47. The first-order valence-electron chi connectivity index (χ1n) is 13.8. The Hall–Kier alpha value is -2.00. The van der Waals surface area contributed by atoms with Crippen molar-refractivity contribution in [3.05, 3.63) is 65.2 Å². The molecule has 0 amide bonds. The number of fused-ring (bicyclic) bond motifs is 1. The van der Waals surface area contributed by atoms with Gasteiger partial charge in [-0.25, -0.2) is 0 Å². The van der Waals surface area contributed by atoms with Crippen molar-refractivity contribution in [2.45, 2.75) is 86.5 Å². The van der Waals surface area contributed by atoms with E-state index in [1.165, 1.54) is 34.0 Å². The highest BCUT2D eigenvalue weighted by Crippen LogP contribution is 2.39. The van der Waals surface area contributed by atoms with E-state index in [1.54, 1.807) is 0 Å². The van der Waals surface area contributed by atoms with Gasteiger partial charge >= 0.3 is 0 Å². The minimum absolute atomic E-state index is 0.256. The van der Waals surface area contributed by atoms with Gasteiger partial charge in [-0.1, -0.05) is 109 Å². The fourth-order valence-corrected chi connectivity index (χ4v) is 6.02. The van der Waals surface area contributed by atoms with E-state index in [2.05, 4.69) is 96.1 Å². The third-order valence-corrected chi connectivity index (χ3v) is 8.75. The molecule has 1 unspecified atom stereocenters. The van der Waals surface area contributed by atoms with Gasteiger partial charge in [-0.3, -0.25) is 4.79 Å². The molecule has 0 aromatic heterocycles. The first kappa shape index (κ1) is 28.6. The van der Waals surface area contributed by atoms with Crippen LogP contribution in [0.25, 0.3) is 11.6 Å². The third kappa shape index (κ3) is 8.54. The largest absolute Gasteiger partial charge is 0.494 e. The van der Waals surface area contributed by atoms with Crippen LogP contribution in [0.3, 0.4) is 0 Å². The van der Waals surface area contributed by atoms with Gasteiger partial charge in [0.2, 0.25) is 0 Å². The number of aryl methyl sites for hydroxylation is 1. The Kier molecular flexibility index (Phi) is 10.3. The number of unbranched alkanes of at least 4 members (excludes halogenated alkanes) is 3. The van der Waals surface area contributed by atoms with Crippen molar-refractivity contribution in [3.8, 4) is 5.75 Å². The zero-order chi connectivity index (χ0) is 26.2. The van der Waals surface area contributed by atoms with Crippen LogP contribution in [0.2, 0.25) is 0 Å². The van der Waals surface area contributed by atoms with E-state index in [1.807, 2.05) is 0 Å². The Balaban J connectivity index is 1.32. The van der Waals surface area contributed by atoms with Crippen molar-refractivity contribution in [3.63, 3.8) is 0 Å². The van der Waals surface area contributed by atoms with E-state index in [4.69, 9.17) is 4.74 Å². The average Bonchev–Trinajstić information content (AvgIpc) is 2.84. The monoisotopic (exact) mass is 506 g/mol. The number of thioether (sulfide) groups is 1. The van der Waals surface area contributed by atoms with Crippen LogP contribution in [0.15, 0.2) is 48.5 Å². The average molecular weight is 507 g/mol. The van der Waals surface area contributed by atoms with Crippen LogP contribution in [0.4, 0.5) is 0 Å². The van der Waals surface area contributed by atoms with Gasteiger partial charge in [0.1, 0.15) is 5.75 Å². The van der Waals surface area contributed by atoms with Crippen LogP contribution in [-0.4, -0.2) is 17.5 Å². The topological polar surface area (TPSA) is 26.3 Å². The van der Waals surface area contributed by atoms with E-state index in [0.29, 0.717) is 11.0 Å². The lowest BCUT2D eigenvalue weighted by Gasteiger charge is -2.34. The van der Waals surface area contributed by atoms with Crippen LogP contribution < -0.4 is 4.74 Å². The molecule has 2 aromatic carbocycles. The smallest absolute Gasteiger partial charge is 0.194 e. The first-order valence-corrected chi connectivity index (χ1v) is 14.7. The molecule has 0 spiro atoms. The quantitative estimate of drug-likeness (QED) is 0.268. The van der Waals surface area contributed by atoms with Gasteiger partial charge in [-0.2, -0.15) is 0 Å². The molecular weight excluding hydrogens is 460 g/mol. The third-order valence-electron chi connectivity index (χ3n) is 7.47. The number of hydrogen-bond donors (Lipinski definition) is 0. The van der Waals surface area contributed by atoms with Crippen LogP contribution >= 0.6 is 11.8 Å². The summed E-state index contributed by atoms with van der Waals surface area (Å²) >= 11 is 1.54. The summed E-state index contributed by atoms with van der Waals surface area (Å²) in [5.41, 5.74) is 5.43. The number of ether oxygens (including phenoxy) is 1. The second-order valence-corrected chi connectivity index (χ2v) is 13.3. The van der Waals surface area contributed by atoms with Crippen molar-refractivity contribution < 1.29 is 9.53 Å². The SMILES string of the molecule is CC(CC(C)(C)C)C(C)(C)C(=O)SCCCCCCOc1ccc2c(c1)CCC(c1ccccc1)=C2. The van der Waals surface area contributed by atoms with Gasteiger partial charge in [-0.15, -0.1) is 0 Å². The fraction of sp³-hybridized carbons (Fsp3) is 0.545. The Morgan fingerprint density at radius 1 is 0.944 bits per heavy atom. The van der Waals surface area contributed by atoms with E-state index in [9.17, 15) is 4.79 Å². The van der Waals surface area contributed by atoms with Crippen molar-refractivity contribution in [1.82, 2.24) is 0 Å². The Labute approximate surface area is 224 Å². The summed E-state index contributed by atoms with van der Waals surface area (Å²) in [6.45, 7) is 14.0. The maximum atomic E-state index is 12.8. The van der Waals surface area contributed by atoms with Crippen molar-refractivity contribution >= 4 is 28.5 Å². The normalized spacial score (nSPS) is 14.7. The Bertz CT molecular complexity index is 1010. The second kappa shape index (κ2) is 13.0. The van der Waals surface area contributed by atoms with E-state index in [0.717, 1.165) is 63.1 Å². The minimum Gasteiger partial charge on any atom is -0.494 e. The molecule has 3 rings (SSSR count). The van der Waals surface area contributed by atoms with Gasteiger partial charge in [0.15, 0.2) is 5.12 Å². The molecule has 0 bridgehead atoms. The summed E-state index contributed by atoms with van der Waals surface area (Å²) < 4.78 is 6.06. The van der Waals surface area contributed by atoms with Crippen molar-refractivity contribution in [2.75, 3.05) is 12.4 Å². The highest BCUT2D eigenvalue weighted by atomic mass is 32.2. The fourth-order valence-electron chi connectivity index (χ4n) is 4.91. The van der Waals surface area contributed by atoms with Crippen molar-refractivity contribution in [2.24, 2.45) is 16.7 Å². The first-order chi connectivity index (χ1) is 17.1. The lowest BCUT2D eigenvalue weighted by molar-refractivity contribution is -0.120. The summed E-state index contributed by atoms with van der Waals surface area (Å²) in [6, 6.07) is 17.2. The molecule has 0 fully saturated rings. The van der Waals surface area contributed by atoms with Crippen LogP contribution in [0.1, 0.15) is 96.8 Å². The molecule has 0 saturated carbocycles. The molecule has 1 atom stereocenters. The van der Waals surface area contributed by atoms with Crippen LogP contribution in [0, 0.1) is 16.7 Å². The molecule has 0 heterocycles. The highest BCUT2D eigenvalue weighted by molar-refractivity contribution is 8.13. The van der Waals surface area contributed by atoms with Crippen LogP contribution in [0.5, 0.6) is 5.75 Å². The lowest BCUT2D eigenvalue weighted by atomic mass is 9.73. The molecule has 2 nitrogen and oxygen atoms in total. The van der Waals surface area contributed by atoms with Gasteiger partial charge in [-0.05, 0) is 77.8 Å². The zero-order valence-corrected chi connectivity index (χ0v) is 24.2. The Morgan fingerprint density at radius 3 is 2.39 bits per heavy atom. The molecule has 1 aliphatic rings. The van der Waals surface area contributed by atoms with Gasteiger partial charge < -0.3 is 4.74 Å². The summed E-state index contributed by atoms with van der Waals surface area (Å²) in [5.74, 6) is 2.30. The molecule has 0 aliphatic heterocycles. The molecule has 0 radical (unpaired) electrons. The molecule has 2 aromatic rings. The lowest BCUT2D eigenvalue weighted by Crippen LogP contribution is -2.32. The molecule has 1 aliphatic carbocycles. The van der Waals surface area contributed by atoms with E-state index in [-0.39, 0.29) is 10.8 Å². The predicted molar refractivity (Wildman–Crippen MR) is 158 cm³/mol. The van der Waals surface area contributed by atoms with Crippen molar-refractivity contribution in [1.29, 1.82) is 0 Å².